The summed E-state index contributed by atoms with van der Waals surface area (Å²) in [6.45, 7) is 3.41. The first-order valence-electron chi connectivity index (χ1n) is 9.21. The number of carbonyl (C=O) groups excluding carboxylic acids is 1. The summed E-state index contributed by atoms with van der Waals surface area (Å²) >= 11 is 11.8. The Morgan fingerprint density at radius 1 is 1.12 bits per heavy atom. The van der Waals surface area contributed by atoms with Gasteiger partial charge in [-0.15, -0.1) is 0 Å². The Hall–Kier alpha value is -3.63. The van der Waals surface area contributed by atoms with Crippen LogP contribution in [-0.4, -0.2) is 27.4 Å². The molecule has 0 saturated heterocycles. The molecule has 10 nitrogen and oxygen atoms in total. The number of hydrazine groups is 1. The van der Waals surface area contributed by atoms with Crippen LogP contribution in [-0.2, 0) is 4.79 Å². The van der Waals surface area contributed by atoms with Crippen molar-refractivity contribution in [2.45, 2.75) is 13.8 Å². The second-order valence-corrected chi connectivity index (χ2v) is 7.50. The molecule has 0 unspecified atom stereocenters. The fraction of sp³-hybridized carbons (Fsp3) is 0.150. The van der Waals surface area contributed by atoms with Crippen molar-refractivity contribution in [2.75, 3.05) is 17.3 Å². The van der Waals surface area contributed by atoms with E-state index in [-0.39, 0.29) is 22.4 Å². The van der Waals surface area contributed by atoms with Gasteiger partial charge < -0.3 is 10.1 Å². The zero-order valence-electron chi connectivity index (χ0n) is 17.0. The molecule has 32 heavy (non-hydrogen) atoms. The molecule has 2 aromatic carbocycles. The van der Waals surface area contributed by atoms with Gasteiger partial charge in [0.15, 0.2) is 6.61 Å². The summed E-state index contributed by atoms with van der Waals surface area (Å²) in [6.07, 6.45) is 1.14. The number of halogens is 2. The van der Waals surface area contributed by atoms with Gasteiger partial charge in [0.05, 0.1) is 9.95 Å². The number of nitro groups is 1. The maximum atomic E-state index is 12.1. The average Bonchev–Trinajstić information content (AvgIpc) is 2.73. The largest absolute Gasteiger partial charge is 0.482 e. The third-order valence-electron chi connectivity index (χ3n) is 4.21. The second kappa shape index (κ2) is 10.1. The number of hydrogen-bond donors (Lipinski definition) is 3. The number of ether oxygens (including phenoxy) is 1. The van der Waals surface area contributed by atoms with Crippen LogP contribution in [0, 0.1) is 24.0 Å². The summed E-state index contributed by atoms with van der Waals surface area (Å²) in [7, 11) is 0. The van der Waals surface area contributed by atoms with Crippen molar-refractivity contribution < 1.29 is 14.5 Å². The van der Waals surface area contributed by atoms with Gasteiger partial charge in [-0.05, 0) is 43.7 Å². The molecular weight excluding hydrogens is 459 g/mol. The maximum Gasteiger partial charge on any atom is 0.355 e. The molecule has 3 rings (SSSR count). The maximum absolute atomic E-state index is 12.1. The predicted octanol–water partition coefficient (Wildman–Crippen LogP) is 4.57. The van der Waals surface area contributed by atoms with E-state index >= 15 is 0 Å². The molecule has 12 heteroatoms. The molecule has 0 fully saturated rings. The lowest BCUT2D eigenvalue weighted by atomic mass is 10.1. The highest BCUT2D eigenvalue weighted by Crippen LogP contribution is 2.32. The van der Waals surface area contributed by atoms with E-state index in [1.165, 1.54) is 12.1 Å². The minimum atomic E-state index is -0.648. The number of rotatable bonds is 8. The van der Waals surface area contributed by atoms with E-state index in [1.807, 2.05) is 26.0 Å². The van der Waals surface area contributed by atoms with Crippen molar-refractivity contribution in [1.29, 1.82) is 0 Å². The molecule has 3 aromatic rings. The van der Waals surface area contributed by atoms with E-state index in [2.05, 4.69) is 26.1 Å². The van der Waals surface area contributed by atoms with E-state index < -0.39 is 23.1 Å². The molecule has 0 bridgehead atoms. The topological polar surface area (TPSA) is 131 Å². The highest BCUT2D eigenvalue weighted by molar-refractivity contribution is 6.35. The number of aromatic nitrogens is 2. The lowest BCUT2D eigenvalue weighted by Gasteiger charge is -2.13. The normalized spacial score (nSPS) is 10.4. The molecule has 0 aliphatic rings. The monoisotopic (exact) mass is 476 g/mol. The summed E-state index contributed by atoms with van der Waals surface area (Å²) in [5.74, 6) is -0.583. The van der Waals surface area contributed by atoms with Gasteiger partial charge in [-0.25, -0.2) is 9.97 Å². The van der Waals surface area contributed by atoms with Crippen molar-refractivity contribution in [2.24, 2.45) is 0 Å². The first-order valence-corrected chi connectivity index (χ1v) is 9.96. The van der Waals surface area contributed by atoms with Crippen LogP contribution in [0.15, 0.2) is 42.7 Å². The second-order valence-electron chi connectivity index (χ2n) is 6.66. The molecule has 1 heterocycles. The van der Waals surface area contributed by atoms with Gasteiger partial charge in [0.1, 0.15) is 12.1 Å². The van der Waals surface area contributed by atoms with E-state index in [9.17, 15) is 14.9 Å². The van der Waals surface area contributed by atoms with Gasteiger partial charge in [0, 0.05) is 10.7 Å². The van der Waals surface area contributed by atoms with Crippen LogP contribution in [0.2, 0.25) is 10.0 Å². The molecule has 166 valence electrons. The van der Waals surface area contributed by atoms with Crippen molar-refractivity contribution in [1.82, 2.24) is 15.4 Å². The summed E-state index contributed by atoms with van der Waals surface area (Å²) in [4.78, 5) is 31.0. The quantitative estimate of drug-likeness (QED) is 0.318. The van der Waals surface area contributed by atoms with Crippen LogP contribution in [0.3, 0.4) is 0 Å². The zero-order valence-corrected chi connectivity index (χ0v) is 18.5. The lowest BCUT2D eigenvalue weighted by Crippen LogP contribution is -2.34. The average molecular weight is 477 g/mol. The molecule has 0 aliphatic heterocycles. The first kappa shape index (κ1) is 23.0. The van der Waals surface area contributed by atoms with Gasteiger partial charge in [0.25, 0.3) is 5.91 Å². The molecule has 3 N–H and O–H groups in total. The highest BCUT2D eigenvalue weighted by atomic mass is 35.5. The Labute approximate surface area is 193 Å². The molecule has 0 aliphatic carbocycles. The minimum absolute atomic E-state index is 0.0297. The van der Waals surface area contributed by atoms with Crippen LogP contribution >= 0.6 is 23.2 Å². The Kier molecular flexibility index (Phi) is 7.29. The van der Waals surface area contributed by atoms with Crippen molar-refractivity contribution in [3.05, 3.63) is 74.0 Å². The van der Waals surface area contributed by atoms with Crippen LogP contribution in [0.4, 0.5) is 23.0 Å². The number of anilines is 3. The number of nitrogens with one attached hydrogen (secondary N) is 3. The van der Waals surface area contributed by atoms with Crippen LogP contribution in [0.25, 0.3) is 0 Å². The van der Waals surface area contributed by atoms with Crippen molar-refractivity contribution in [3.63, 3.8) is 0 Å². The molecule has 1 amide bonds. The fourth-order valence-corrected chi connectivity index (χ4v) is 3.18. The molecule has 0 saturated carbocycles. The predicted molar refractivity (Wildman–Crippen MR) is 122 cm³/mol. The molecule has 0 atom stereocenters. The summed E-state index contributed by atoms with van der Waals surface area (Å²) in [6, 6.07) is 10.2. The number of nitrogens with zero attached hydrogens (tertiary/aromatic N) is 3. The Bertz CT molecular complexity index is 1170. The molecule has 0 radical (unpaired) electrons. The van der Waals surface area contributed by atoms with Gasteiger partial charge >= 0.3 is 5.69 Å². The van der Waals surface area contributed by atoms with Crippen LogP contribution < -0.4 is 20.9 Å². The van der Waals surface area contributed by atoms with E-state index in [0.29, 0.717) is 10.7 Å². The zero-order chi connectivity index (χ0) is 23.3. The Morgan fingerprint density at radius 3 is 2.56 bits per heavy atom. The Balaban J connectivity index is 1.70. The standard InChI is InChI=1S/C20H18Cl2N6O4/c1-11-3-5-15(12(2)7-11)25-19-18(28(30)31)20(24-10-23-19)27-26-17(29)9-32-16-6-4-13(21)8-14(16)22/h3-8,10H,9H2,1-2H3,(H,26,29)(H2,23,24,25,27). The fourth-order valence-electron chi connectivity index (χ4n) is 2.72. The van der Waals surface area contributed by atoms with E-state index in [1.54, 1.807) is 12.1 Å². The summed E-state index contributed by atoms with van der Waals surface area (Å²) in [5, 5.41) is 15.3. The smallest absolute Gasteiger partial charge is 0.355 e. The lowest BCUT2D eigenvalue weighted by molar-refractivity contribution is -0.383. The third-order valence-corrected chi connectivity index (χ3v) is 4.74. The Morgan fingerprint density at radius 2 is 1.88 bits per heavy atom. The number of benzene rings is 2. The first-order chi connectivity index (χ1) is 15.2. The van der Waals surface area contributed by atoms with E-state index in [0.717, 1.165) is 17.5 Å². The molecule has 1 aromatic heterocycles. The van der Waals surface area contributed by atoms with Crippen LogP contribution in [0.1, 0.15) is 11.1 Å². The number of carbonyl (C=O) groups is 1. The van der Waals surface area contributed by atoms with E-state index in [4.69, 9.17) is 27.9 Å². The van der Waals surface area contributed by atoms with Gasteiger partial charge in [-0.3, -0.25) is 25.8 Å². The third kappa shape index (κ3) is 5.74. The highest BCUT2D eigenvalue weighted by Gasteiger charge is 2.24. The van der Waals surface area contributed by atoms with Crippen molar-refractivity contribution in [3.8, 4) is 5.75 Å². The summed E-state index contributed by atoms with van der Waals surface area (Å²) < 4.78 is 5.32. The SMILES string of the molecule is Cc1ccc(Nc2ncnc(NNC(=O)COc3ccc(Cl)cc3Cl)c2[N+](=O)[O-])c(C)c1. The van der Waals surface area contributed by atoms with Crippen LogP contribution in [0.5, 0.6) is 5.75 Å². The molecular formula is C20H18Cl2N6O4. The minimum Gasteiger partial charge on any atom is -0.482 e. The van der Waals surface area contributed by atoms with Crippen molar-refractivity contribution >= 4 is 52.1 Å². The summed E-state index contributed by atoms with van der Waals surface area (Å²) in [5.41, 5.74) is 6.90. The van der Waals surface area contributed by atoms with Gasteiger partial charge in [0.2, 0.25) is 11.6 Å². The molecule has 0 spiro atoms. The number of hydrogen-bond acceptors (Lipinski definition) is 8. The number of amides is 1. The van der Waals surface area contributed by atoms with Gasteiger partial charge in [-0.2, -0.15) is 0 Å². The van der Waals surface area contributed by atoms with Gasteiger partial charge in [-0.1, -0.05) is 40.9 Å². The number of aryl methyl sites for hydroxylation is 2.